The highest BCUT2D eigenvalue weighted by atomic mass is 19.1. The maximum atomic E-state index is 12.8. The SMILES string of the molecule is CCN(CCCN(C)C)CCC(=O)c1ccc(F)cc1. The molecule has 0 N–H and O–H groups in total. The first-order valence-corrected chi connectivity index (χ1v) is 7.18. The van der Waals surface area contributed by atoms with Gasteiger partial charge in [0.15, 0.2) is 5.78 Å². The van der Waals surface area contributed by atoms with Crippen LogP contribution in [-0.2, 0) is 0 Å². The number of carbonyl (C=O) groups is 1. The Morgan fingerprint density at radius 2 is 1.75 bits per heavy atom. The Labute approximate surface area is 121 Å². The molecule has 112 valence electrons. The largest absolute Gasteiger partial charge is 0.309 e. The van der Waals surface area contributed by atoms with E-state index in [9.17, 15) is 9.18 Å². The summed E-state index contributed by atoms with van der Waals surface area (Å²) in [4.78, 5) is 16.4. The summed E-state index contributed by atoms with van der Waals surface area (Å²) in [5, 5.41) is 0. The number of carbonyl (C=O) groups excluding carboxylic acids is 1. The number of hydrogen-bond acceptors (Lipinski definition) is 3. The number of halogens is 1. The van der Waals surface area contributed by atoms with Crippen LogP contribution in [0.3, 0.4) is 0 Å². The molecule has 0 amide bonds. The molecule has 0 spiro atoms. The number of benzene rings is 1. The maximum absolute atomic E-state index is 12.8. The van der Waals surface area contributed by atoms with Gasteiger partial charge >= 0.3 is 0 Å². The van der Waals surface area contributed by atoms with Crippen molar-refractivity contribution in [3.8, 4) is 0 Å². The Balaban J connectivity index is 2.36. The molecule has 0 radical (unpaired) electrons. The van der Waals surface area contributed by atoms with Crippen LogP contribution < -0.4 is 0 Å². The summed E-state index contributed by atoms with van der Waals surface area (Å²) in [6, 6.07) is 5.78. The van der Waals surface area contributed by atoms with Crippen LogP contribution in [0.4, 0.5) is 4.39 Å². The molecule has 0 atom stereocenters. The predicted molar refractivity (Wildman–Crippen MR) is 80.6 cm³/mol. The van der Waals surface area contributed by atoms with Crippen LogP contribution in [0.25, 0.3) is 0 Å². The molecule has 20 heavy (non-hydrogen) atoms. The van der Waals surface area contributed by atoms with Crippen molar-refractivity contribution in [2.24, 2.45) is 0 Å². The molecule has 0 aliphatic heterocycles. The lowest BCUT2D eigenvalue weighted by atomic mass is 10.1. The average molecular weight is 280 g/mol. The van der Waals surface area contributed by atoms with Gasteiger partial charge in [-0.05, 0) is 64.4 Å². The lowest BCUT2D eigenvalue weighted by Gasteiger charge is -2.21. The van der Waals surface area contributed by atoms with Gasteiger partial charge in [0.2, 0.25) is 0 Å². The van der Waals surface area contributed by atoms with Gasteiger partial charge in [0, 0.05) is 18.5 Å². The number of rotatable bonds is 9. The zero-order valence-electron chi connectivity index (χ0n) is 12.7. The van der Waals surface area contributed by atoms with Crippen molar-refractivity contribution in [1.82, 2.24) is 9.80 Å². The first-order chi connectivity index (χ1) is 9.52. The van der Waals surface area contributed by atoms with E-state index in [1.54, 1.807) is 12.1 Å². The van der Waals surface area contributed by atoms with Crippen LogP contribution in [-0.4, -0.2) is 55.9 Å². The van der Waals surface area contributed by atoms with Crippen molar-refractivity contribution in [2.75, 3.05) is 40.3 Å². The second kappa shape index (κ2) is 8.82. The smallest absolute Gasteiger partial charge is 0.164 e. The van der Waals surface area contributed by atoms with E-state index in [1.165, 1.54) is 12.1 Å². The third kappa shape index (κ3) is 6.26. The van der Waals surface area contributed by atoms with E-state index in [4.69, 9.17) is 0 Å². The van der Waals surface area contributed by atoms with E-state index < -0.39 is 0 Å². The Morgan fingerprint density at radius 1 is 1.10 bits per heavy atom. The normalized spacial score (nSPS) is 11.3. The van der Waals surface area contributed by atoms with Crippen molar-refractivity contribution in [3.63, 3.8) is 0 Å². The van der Waals surface area contributed by atoms with Crippen molar-refractivity contribution in [3.05, 3.63) is 35.6 Å². The fourth-order valence-corrected chi connectivity index (χ4v) is 2.08. The van der Waals surface area contributed by atoms with Crippen molar-refractivity contribution in [2.45, 2.75) is 19.8 Å². The van der Waals surface area contributed by atoms with E-state index in [0.29, 0.717) is 12.0 Å². The predicted octanol–water partition coefficient (Wildman–Crippen LogP) is 2.67. The van der Waals surface area contributed by atoms with Gasteiger partial charge in [-0.25, -0.2) is 4.39 Å². The van der Waals surface area contributed by atoms with Gasteiger partial charge in [-0.15, -0.1) is 0 Å². The highest BCUT2D eigenvalue weighted by molar-refractivity contribution is 5.96. The van der Waals surface area contributed by atoms with Gasteiger partial charge in [-0.3, -0.25) is 4.79 Å². The molecule has 0 aromatic heterocycles. The third-order valence-electron chi connectivity index (χ3n) is 3.35. The minimum absolute atomic E-state index is 0.0797. The van der Waals surface area contributed by atoms with E-state index in [-0.39, 0.29) is 11.6 Å². The molecule has 0 saturated carbocycles. The van der Waals surface area contributed by atoms with Crippen LogP contribution in [0, 0.1) is 5.82 Å². The standard InChI is InChI=1S/C16H25FN2O/c1-4-19(12-5-11-18(2)3)13-10-16(20)14-6-8-15(17)9-7-14/h6-9H,4-5,10-13H2,1-3H3. The van der Waals surface area contributed by atoms with Crippen LogP contribution in [0.5, 0.6) is 0 Å². The van der Waals surface area contributed by atoms with Gasteiger partial charge in [0.25, 0.3) is 0 Å². The van der Waals surface area contributed by atoms with Crippen LogP contribution in [0.15, 0.2) is 24.3 Å². The lowest BCUT2D eigenvalue weighted by molar-refractivity contribution is 0.0964. The molecule has 0 fully saturated rings. The lowest BCUT2D eigenvalue weighted by Crippen LogP contribution is -2.29. The molecule has 1 rings (SSSR count). The Morgan fingerprint density at radius 3 is 2.30 bits per heavy atom. The molecule has 0 aliphatic rings. The fourth-order valence-electron chi connectivity index (χ4n) is 2.08. The van der Waals surface area contributed by atoms with Gasteiger partial charge < -0.3 is 9.80 Å². The zero-order chi connectivity index (χ0) is 15.0. The van der Waals surface area contributed by atoms with Gasteiger partial charge in [0.05, 0.1) is 0 Å². The molecule has 0 heterocycles. The molecule has 1 aromatic carbocycles. The van der Waals surface area contributed by atoms with E-state index >= 15 is 0 Å². The van der Waals surface area contributed by atoms with E-state index in [0.717, 1.165) is 32.6 Å². The second-order valence-electron chi connectivity index (χ2n) is 5.27. The highest BCUT2D eigenvalue weighted by Gasteiger charge is 2.09. The number of hydrogen-bond donors (Lipinski definition) is 0. The molecule has 1 aromatic rings. The van der Waals surface area contributed by atoms with Gasteiger partial charge in [0.1, 0.15) is 5.82 Å². The summed E-state index contributed by atoms with van der Waals surface area (Å²) in [5.41, 5.74) is 0.593. The number of Topliss-reactive ketones (excluding diaryl/α,β-unsaturated/α-hetero) is 1. The van der Waals surface area contributed by atoms with E-state index in [1.807, 2.05) is 0 Å². The van der Waals surface area contributed by atoms with E-state index in [2.05, 4.69) is 30.8 Å². The summed E-state index contributed by atoms with van der Waals surface area (Å²) >= 11 is 0. The molecule has 3 nitrogen and oxygen atoms in total. The topological polar surface area (TPSA) is 23.6 Å². The Hall–Kier alpha value is -1.26. The summed E-state index contributed by atoms with van der Waals surface area (Å²) in [7, 11) is 4.13. The maximum Gasteiger partial charge on any atom is 0.164 e. The van der Waals surface area contributed by atoms with Crippen molar-refractivity contribution < 1.29 is 9.18 Å². The van der Waals surface area contributed by atoms with Crippen LogP contribution >= 0.6 is 0 Å². The molecule has 0 aliphatic carbocycles. The first kappa shape index (κ1) is 16.8. The van der Waals surface area contributed by atoms with Gasteiger partial charge in [-0.2, -0.15) is 0 Å². The average Bonchev–Trinajstić information content (AvgIpc) is 2.42. The summed E-state index contributed by atoms with van der Waals surface area (Å²) < 4.78 is 12.8. The van der Waals surface area contributed by atoms with Crippen LogP contribution in [0.1, 0.15) is 30.1 Å². The van der Waals surface area contributed by atoms with Crippen molar-refractivity contribution in [1.29, 1.82) is 0 Å². The number of nitrogens with zero attached hydrogens (tertiary/aromatic N) is 2. The summed E-state index contributed by atoms with van der Waals surface area (Å²) in [5.74, 6) is -0.225. The molecular formula is C16H25FN2O. The molecule has 0 bridgehead atoms. The van der Waals surface area contributed by atoms with Gasteiger partial charge in [-0.1, -0.05) is 6.92 Å². The molecule has 0 saturated heterocycles. The van der Waals surface area contributed by atoms with Crippen molar-refractivity contribution >= 4 is 5.78 Å². The first-order valence-electron chi connectivity index (χ1n) is 7.18. The number of ketones is 1. The summed E-state index contributed by atoms with van der Waals surface area (Å²) in [6.45, 7) is 5.89. The fraction of sp³-hybridized carbons (Fsp3) is 0.562. The minimum Gasteiger partial charge on any atom is -0.309 e. The molecule has 0 unspecified atom stereocenters. The quantitative estimate of drug-likeness (QED) is 0.650. The Bertz CT molecular complexity index is 403. The van der Waals surface area contributed by atoms with Crippen LogP contribution in [0.2, 0.25) is 0 Å². The minimum atomic E-state index is -0.305. The summed E-state index contributed by atoms with van der Waals surface area (Å²) in [6.07, 6.45) is 1.59. The molecule has 4 heteroatoms. The second-order valence-corrected chi connectivity index (χ2v) is 5.27. The molecular weight excluding hydrogens is 255 g/mol. The highest BCUT2D eigenvalue weighted by Crippen LogP contribution is 2.07. The third-order valence-corrected chi connectivity index (χ3v) is 3.35. The monoisotopic (exact) mass is 280 g/mol. The Kier molecular flexibility index (Phi) is 7.41. The zero-order valence-corrected chi connectivity index (χ0v) is 12.7.